The summed E-state index contributed by atoms with van der Waals surface area (Å²) >= 11 is -2.86. The summed E-state index contributed by atoms with van der Waals surface area (Å²) in [6.45, 7) is 0. The average Bonchev–Trinajstić information content (AvgIpc) is 1.97. The van der Waals surface area contributed by atoms with Gasteiger partial charge in [0.05, 0.1) is 11.4 Å². The fraction of sp³-hybridized carbons (Fsp3) is 1.00. The Morgan fingerprint density at radius 1 is 0.737 bits per heavy atom. The molecule has 0 spiro atoms. The molecule has 0 amide bonds. The molecule has 3 nitrogen and oxygen atoms in total. The van der Waals surface area contributed by atoms with Crippen molar-refractivity contribution in [2.24, 2.45) is 0 Å². The minimum atomic E-state index is -7.14. The van der Waals surface area contributed by atoms with Crippen LogP contribution in [0.1, 0.15) is 0 Å². The Morgan fingerprint density at radius 2 is 0.842 bits per heavy atom. The Balaban J connectivity index is -0.000000448. The maximum atomic E-state index is 11.6. The predicted octanol–water partition coefficient (Wildman–Crippen LogP) is -0.276. The van der Waals surface area contributed by atoms with Crippen molar-refractivity contribution < 1.29 is 109 Å². The second kappa shape index (κ2) is 7.86. The molecule has 1 N–H and O–H groups in total. The molecule has 15 heteroatoms. The number of rotatable bonds is 1. The van der Waals surface area contributed by atoms with Crippen LogP contribution in [0.3, 0.4) is 0 Å². The quantitative estimate of drug-likeness (QED) is 0.399. The van der Waals surface area contributed by atoms with Crippen LogP contribution in [0.15, 0.2) is 0 Å². The maximum Gasteiger partial charge on any atom is 1.00 e. The van der Waals surface area contributed by atoms with Crippen LogP contribution in [-0.4, -0.2) is 37.5 Å². The first kappa shape index (κ1) is 25.0. The molecular formula is C4HF10KO3S. The monoisotopic (exact) mass is 358 g/mol. The van der Waals surface area contributed by atoms with Crippen molar-refractivity contribution in [2.75, 3.05) is 0 Å². The maximum absolute atomic E-state index is 11.6. The normalized spacial score (nSPS) is 14.9. The Labute approximate surface area is 143 Å². The number of halogens is 10. The van der Waals surface area contributed by atoms with Crippen LogP contribution in [0.5, 0.6) is 0 Å². The summed E-state index contributed by atoms with van der Waals surface area (Å²) in [5, 5.41) is 0. The van der Waals surface area contributed by atoms with Crippen LogP contribution >= 0.6 is 0 Å². The molecule has 112 valence electrons. The van der Waals surface area contributed by atoms with Crippen LogP contribution in [-0.2, 0) is 11.4 Å². The van der Waals surface area contributed by atoms with E-state index in [1.807, 2.05) is 0 Å². The van der Waals surface area contributed by atoms with E-state index in [0.717, 1.165) is 0 Å². The van der Waals surface area contributed by atoms with Crippen LogP contribution in [0.4, 0.5) is 43.9 Å². The molecule has 0 heterocycles. The minimum absolute atomic E-state index is 0. The van der Waals surface area contributed by atoms with Gasteiger partial charge in [0.15, 0.2) is 0 Å². The summed E-state index contributed by atoms with van der Waals surface area (Å²) in [7, 11) is 0. The van der Waals surface area contributed by atoms with Crippen molar-refractivity contribution in [1.29, 1.82) is 0 Å². The average molecular weight is 358 g/mol. The van der Waals surface area contributed by atoms with E-state index in [2.05, 4.69) is 0 Å². The largest absolute Gasteiger partial charge is 1.00 e. The van der Waals surface area contributed by atoms with E-state index in [1.165, 1.54) is 0 Å². The minimum Gasteiger partial charge on any atom is -0.750 e. The van der Waals surface area contributed by atoms with Gasteiger partial charge in [-0.2, -0.15) is 43.9 Å². The number of alkyl halides is 10. The molecule has 0 rings (SSSR count). The first-order chi connectivity index (χ1) is 7.48. The van der Waals surface area contributed by atoms with Gasteiger partial charge in [-0.15, -0.1) is 0 Å². The third kappa shape index (κ3) is 7.01. The number of hydrogen-bond acceptors (Lipinski definition) is 2. The van der Waals surface area contributed by atoms with Gasteiger partial charge in [-0.05, 0) is 0 Å². The third-order valence-electron chi connectivity index (χ3n) is 1.11. The number of hydrogen-bond donors (Lipinski definition) is 1. The molecule has 0 aliphatic carbocycles. The van der Waals surface area contributed by atoms with E-state index in [1.54, 1.807) is 0 Å². The van der Waals surface area contributed by atoms with Crippen LogP contribution in [0, 0.1) is 0 Å². The van der Waals surface area contributed by atoms with Crippen molar-refractivity contribution in [3.8, 4) is 0 Å². The fourth-order valence-electron chi connectivity index (χ4n) is 0.356. The molecule has 0 radical (unpaired) electrons. The van der Waals surface area contributed by atoms with Gasteiger partial charge in [0.2, 0.25) is 0 Å². The van der Waals surface area contributed by atoms with E-state index in [-0.39, 0.29) is 51.4 Å². The van der Waals surface area contributed by atoms with Crippen molar-refractivity contribution in [1.82, 2.24) is 0 Å². The smallest absolute Gasteiger partial charge is 0.750 e. The van der Waals surface area contributed by atoms with Gasteiger partial charge in [-0.25, -0.2) is 4.21 Å². The summed E-state index contributed by atoms with van der Waals surface area (Å²) in [6.07, 6.45) is -13.9. The van der Waals surface area contributed by atoms with E-state index in [4.69, 9.17) is 13.3 Å². The zero-order valence-corrected chi connectivity index (χ0v) is 12.4. The van der Waals surface area contributed by atoms with Crippen LogP contribution in [0.2, 0.25) is 0 Å². The van der Waals surface area contributed by atoms with Crippen LogP contribution < -0.4 is 51.4 Å². The molecule has 0 aliphatic rings. The van der Waals surface area contributed by atoms with Crippen molar-refractivity contribution >= 4 is 11.4 Å². The van der Waals surface area contributed by atoms with Gasteiger partial charge in [-0.3, -0.25) is 0 Å². The van der Waals surface area contributed by atoms with Gasteiger partial charge in [0.1, 0.15) is 0 Å². The first-order valence-corrected chi connectivity index (χ1v) is 4.19. The molecule has 1 atom stereocenters. The molecule has 0 saturated carbocycles. The zero-order chi connectivity index (χ0) is 15.6. The molecule has 0 bridgehead atoms. The molecule has 1 unspecified atom stereocenters. The topological polar surface area (TPSA) is 60.4 Å². The molecule has 0 saturated heterocycles. The zero-order valence-electron chi connectivity index (χ0n) is 8.45. The Kier molecular flexibility index (Phi) is 10.3. The molecule has 19 heavy (non-hydrogen) atoms. The Hall–Kier alpha value is 1.01. The second-order valence-corrected chi connectivity index (χ2v) is 2.80. The third-order valence-corrected chi connectivity index (χ3v) is 1.11. The molecular weight excluding hydrogens is 357 g/mol. The first-order valence-electron chi connectivity index (χ1n) is 3.16. The van der Waals surface area contributed by atoms with E-state index in [0.29, 0.717) is 0 Å². The van der Waals surface area contributed by atoms with Gasteiger partial charge in [0.25, 0.3) is 0 Å². The standard InChI is InChI=1S/C4F10.K.H2O3S/c5-1(6,3(9,10)11)2(7,8)4(12,13)14;;1-4(2)3/h;;(H2,1,2,3)/q;+1;/p-1. The Bertz CT molecular complexity index is 270. The molecule has 0 aromatic carbocycles. The van der Waals surface area contributed by atoms with Crippen molar-refractivity contribution in [3.63, 3.8) is 0 Å². The van der Waals surface area contributed by atoms with Gasteiger partial charge >= 0.3 is 75.6 Å². The van der Waals surface area contributed by atoms with Crippen LogP contribution in [0.25, 0.3) is 0 Å². The summed E-state index contributed by atoms with van der Waals surface area (Å²) in [5.41, 5.74) is 0. The second-order valence-electron chi connectivity index (χ2n) is 2.36. The molecule has 0 aromatic rings. The summed E-state index contributed by atoms with van der Waals surface area (Å²) in [5.74, 6) is -14.3. The molecule has 0 fully saturated rings. The van der Waals surface area contributed by atoms with Crippen molar-refractivity contribution in [3.05, 3.63) is 0 Å². The summed E-state index contributed by atoms with van der Waals surface area (Å²) in [4.78, 5) is 0. The van der Waals surface area contributed by atoms with E-state index in [9.17, 15) is 43.9 Å². The van der Waals surface area contributed by atoms with Gasteiger partial charge in [0, 0.05) is 0 Å². The molecule has 0 aromatic heterocycles. The van der Waals surface area contributed by atoms with E-state index >= 15 is 0 Å². The Morgan fingerprint density at radius 3 is 0.895 bits per heavy atom. The van der Waals surface area contributed by atoms with Gasteiger partial charge in [-0.1, -0.05) is 0 Å². The van der Waals surface area contributed by atoms with Crippen molar-refractivity contribution in [2.45, 2.75) is 24.2 Å². The summed E-state index contributed by atoms with van der Waals surface area (Å²) in [6, 6.07) is 0. The SMILES string of the molecule is FC(F)(F)C(F)(F)C(F)(F)C(F)(F)F.O=S([O-])O.[K+]. The predicted molar refractivity (Wildman–Crippen MR) is 33.6 cm³/mol. The fourth-order valence-corrected chi connectivity index (χ4v) is 0.356. The van der Waals surface area contributed by atoms with Gasteiger partial charge < -0.3 is 9.11 Å². The summed E-state index contributed by atoms with van der Waals surface area (Å²) < 4.78 is 137. The molecule has 0 aliphatic heterocycles. The van der Waals surface area contributed by atoms with E-state index < -0.39 is 35.6 Å².